The van der Waals surface area contributed by atoms with Gasteiger partial charge in [-0.05, 0) is 12.1 Å². The third-order valence-corrected chi connectivity index (χ3v) is 2.97. The highest BCUT2D eigenvalue weighted by Gasteiger charge is 1.94. The molecule has 0 unspecified atom stereocenters. The highest BCUT2D eigenvalue weighted by atomic mass is 127. The molecule has 1 rings (SSSR count). The molecule has 0 saturated heterocycles. The summed E-state index contributed by atoms with van der Waals surface area (Å²) < 4.78 is 11.2. The maximum Gasteiger partial charge on any atom is 0.300 e. The van der Waals surface area contributed by atoms with Crippen LogP contribution in [0.25, 0.3) is 0 Å². The van der Waals surface area contributed by atoms with Crippen molar-refractivity contribution in [2.45, 2.75) is 13.8 Å². The van der Waals surface area contributed by atoms with Crippen molar-refractivity contribution < 1.29 is 22.9 Å². The molecule has 0 bridgehead atoms. The normalized spacial score (nSPS) is 7.94. The number of carbonyl (C=O) groups is 2. The smallest absolute Gasteiger partial charge is 0.300 e. The van der Waals surface area contributed by atoms with Crippen LogP contribution in [0.3, 0.4) is 0 Å². The molecule has 0 atom stereocenters. The molecule has 1 aromatic rings. The Balaban J connectivity index is 0. The van der Waals surface area contributed by atoms with Gasteiger partial charge in [-0.15, -0.1) is 0 Å². The van der Waals surface area contributed by atoms with Crippen molar-refractivity contribution in [1.29, 1.82) is 0 Å². The number of benzene rings is 1. The van der Waals surface area contributed by atoms with E-state index < -0.39 is 33.1 Å². The number of rotatable bonds is 1. The second-order valence-electron chi connectivity index (χ2n) is 2.53. The summed E-state index contributed by atoms with van der Waals surface area (Å²) in [5.41, 5.74) is 0. The molecule has 7 heteroatoms. The van der Waals surface area contributed by atoms with Crippen molar-refractivity contribution in [2.24, 2.45) is 0 Å². The minimum absolute atomic E-state index is 0.611. The van der Waals surface area contributed by atoms with E-state index in [0.717, 1.165) is 17.4 Å². The minimum atomic E-state index is -1.09. The van der Waals surface area contributed by atoms with E-state index in [1.54, 1.807) is 12.1 Å². The monoisotopic (exact) mass is 374 g/mol. The predicted octanol–water partition coefficient (Wildman–Crippen LogP) is 3.01. The Morgan fingerprint density at radius 1 is 1.12 bits per heavy atom. The number of carboxylic acids is 2. The molecule has 0 aromatic heterocycles. The van der Waals surface area contributed by atoms with Crippen LogP contribution in [0, 0.1) is 3.57 Å². The van der Waals surface area contributed by atoms with Gasteiger partial charge in [0.1, 0.15) is 0 Å². The lowest BCUT2D eigenvalue weighted by Crippen LogP contribution is -1.78. The summed E-state index contributed by atoms with van der Waals surface area (Å²) in [6.07, 6.45) is 0. The molecule has 0 radical (unpaired) electrons. The number of aliphatic carboxylic acids is 2. The van der Waals surface area contributed by atoms with Crippen molar-refractivity contribution in [2.75, 3.05) is 0 Å². The summed E-state index contributed by atoms with van der Waals surface area (Å²) in [7, 11) is 0. The first-order valence-corrected chi connectivity index (χ1v) is 6.55. The van der Waals surface area contributed by atoms with E-state index in [2.05, 4.69) is 0 Å². The zero-order valence-electron chi connectivity index (χ0n) is 9.18. The fourth-order valence-corrected chi connectivity index (χ4v) is 1.58. The molecule has 2 N–H and O–H groups in total. The van der Waals surface area contributed by atoms with Crippen LogP contribution in [0.4, 0.5) is 0 Å². The molecular weight excluding hydrogens is 362 g/mol. The van der Waals surface area contributed by atoms with Gasteiger partial charge in [0, 0.05) is 13.8 Å². The average molecular weight is 375 g/mol. The summed E-state index contributed by atoms with van der Waals surface area (Å²) in [5.74, 6) is -1.67. The lowest BCUT2D eigenvalue weighted by atomic mass is 10.4. The summed E-state index contributed by atoms with van der Waals surface area (Å²) in [6.45, 7) is 2.17. The summed E-state index contributed by atoms with van der Waals surface area (Å²) in [6, 6.07) is 7.18. The number of halogens is 2. The zero-order valence-corrected chi connectivity index (χ0v) is 12.1. The molecule has 0 aliphatic carbocycles. The van der Waals surface area contributed by atoms with Crippen molar-refractivity contribution in [3.05, 3.63) is 32.9 Å². The van der Waals surface area contributed by atoms with Gasteiger partial charge in [-0.25, -0.2) is 0 Å². The fraction of sp³-hybridized carbons (Fsp3) is 0.200. The molecule has 0 aliphatic rings. The third kappa shape index (κ3) is 17.6. The lowest BCUT2D eigenvalue weighted by molar-refractivity contribution is -0.135. The predicted molar refractivity (Wildman–Crippen MR) is 71.5 cm³/mol. The number of hydrogen-bond acceptors (Lipinski definition) is 3. The van der Waals surface area contributed by atoms with E-state index in [4.69, 9.17) is 31.4 Å². The van der Waals surface area contributed by atoms with Gasteiger partial charge >= 0.3 is 0 Å². The molecule has 5 nitrogen and oxygen atoms in total. The van der Waals surface area contributed by atoms with Gasteiger partial charge < -0.3 is 10.2 Å². The molecule has 0 saturated carbocycles. The standard InChI is InChI=1S/C6H4ClIO.2C2H4O2/c7-5-3-1-2-4-6(5)8-9;2*1-2(3)4/h1-4H;2*1H3,(H,3,4). The SMILES string of the molecule is CC(=O)O.CC(=O)O.O=Ic1ccccc1Cl. The summed E-state index contributed by atoms with van der Waals surface area (Å²) in [5, 5.41) is 15.4. The Bertz CT molecular complexity index is 361. The molecule has 0 fully saturated rings. The van der Waals surface area contributed by atoms with Crippen molar-refractivity contribution in [1.82, 2.24) is 0 Å². The van der Waals surface area contributed by atoms with Gasteiger partial charge in [-0.2, -0.15) is 0 Å². The lowest BCUT2D eigenvalue weighted by Gasteiger charge is -1.88. The quantitative estimate of drug-likeness (QED) is 0.737. The van der Waals surface area contributed by atoms with Crippen LogP contribution in [0.1, 0.15) is 13.8 Å². The van der Waals surface area contributed by atoms with Crippen molar-refractivity contribution in [3.8, 4) is 0 Å². The van der Waals surface area contributed by atoms with E-state index in [1.165, 1.54) is 0 Å². The van der Waals surface area contributed by atoms with Crippen molar-refractivity contribution >= 4 is 44.7 Å². The van der Waals surface area contributed by atoms with Gasteiger partial charge in [0.05, 0.1) is 8.59 Å². The number of hydrogen-bond donors (Lipinski definition) is 2. The van der Waals surface area contributed by atoms with Crippen LogP contribution >= 0.6 is 32.8 Å². The number of carboxylic acid groups (broad SMARTS) is 2. The molecule has 0 aliphatic heterocycles. The fourth-order valence-electron chi connectivity index (χ4n) is 0.502. The first kappa shape index (κ1) is 18.3. The first-order chi connectivity index (χ1) is 7.81. The Labute approximate surface area is 114 Å². The van der Waals surface area contributed by atoms with Crippen LogP contribution in [0.5, 0.6) is 0 Å². The first-order valence-electron chi connectivity index (χ1n) is 4.22. The summed E-state index contributed by atoms with van der Waals surface area (Å²) in [4.78, 5) is 18.0. The molecule has 0 heterocycles. The van der Waals surface area contributed by atoms with Gasteiger partial charge in [0.2, 0.25) is 0 Å². The van der Waals surface area contributed by atoms with Gasteiger partial charge in [-0.1, -0.05) is 23.7 Å². The highest BCUT2D eigenvalue weighted by Crippen LogP contribution is 2.19. The Morgan fingerprint density at radius 3 is 1.71 bits per heavy atom. The van der Waals surface area contributed by atoms with E-state index >= 15 is 0 Å². The average Bonchev–Trinajstić information content (AvgIpc) is 2.16. The van der Waals surface area contributed by atoms with E-state index in [-0.39, 0.29) is 0 Å². The topological polar surface area (TPSA) is 91.7 Å². The van der Waals surface area contributed by atoms with Gasteiger partial charge in [0.15, 0.2) is 21.2 Å². The maximum absolute atomic E-state index is 10.4. The van der Waals surface area contributed by atoms with E-state index in [0.29, 0.717) is 5.02 Å². The van der Waals surface area contributed by atoms with Crippen LogP contribution in [-0.4, -0.2) is 22.2 Å². The Kier molecular flexibility index (Phi) is 12.4. The maximum atomic E-state index is 10.4. The molecule has 0 spiro atoms. The van der Waals surface area contributed by atoms with E-state index in [9.17, 15) is 3.07 Å². The van der Waals surface area contributed by atoms with Gasteiger partial charge in [0.25, 0.3) is 11.9 Å². The van der Waals surface area contributed by atoms with Crippen LogP contribution in [-0.2, 0) is 12.7 Å². The molecule has 17 heavy (non-hydrogen) atoms. The van der Waals surface area contributed by atoms with Gasteiger partial charge in [-0.3, -0.25) is 12.7 Å². The largest absolute Gasteiger partial charge is 0.481 e. The summed E-state index contributed by atoms with van der Waals surface area (Å²) >= 11 is 4.56. The molecular formula is C10H12ClIO5. The molecule has 96 valence electrons. The van der Waals surface area contributed by atoms with Crippen LogP contribution in [0.2, 0.25) is 5.02 Å². The van der Waals surface area contributed by atoms with Crippen LogP contribution in [0.15, 0.2) is 24.3 Å². The second kappa shape index (κ2) is 11.5. The third-order valence-electron chi connectivity index (χ3n) is 0.907. The van der Waals surface area contributed by atoms with Crippen LogP contribution < -0.4 is 0 Å². The minimum Gasteiger partial charge on any atom is -0.481 e. The highest BCUT2D eigenvalue weighted by molar-refractivity contribution is 14.1. The Morgan fingerprint density at radius 2 is 1.47 bits per heavy atom. The van der Waals surface area contributed by atoms with E-state index in [1.807, 2.05) is 12.1 Å². The second-order valence-corrected chi connectivity index (χ2v) is 4.54. The molecule has 1 aromatic carbocycles. The van der Waals surface area contributed by atoms with Crippen molar-refractivity contribution in [3.63, 3.8) is 0 Å². The Hall–Kier alpha value is -1.02. The molecule has 0 amide bonds. The zero-order chi connectivity index (χ0) is 13.8.